The lowest BCUT2D eigenvalue weighted by Gasteiger charge is -2.39. The Kier molecular flexibility index (Phi) is 14.3. The van der Waals surface area contributed by atoms with E-state index in [1.54, 1.807) is 35.4 Å². The van der Waals surface area contributed by atoms with Gasteiger partial charge in [0.2, 0.25) is 0 Å². The molecule has 0 radical (unpaired) electrons. The fraction of sp³-hybridized carbons (Fsp3) is 0.216. The van der Waals surface area contributed by atoms with Gasteiger partial charge in [-0.05, 0) is 88.8 Å². The molecule has 0 amide bonds. The van der Waals surface area contributed by atoms with Gasteiger partial charge >= 0.3 is 5.69 Å². The van der Waals surface area contributed by atoms with Crippen LogP contribution in [0.25, 0.3) is 0 Å². The number of ether oxygens (including phenoxy) is 6. The number of aryl methyl sites for hydroxylation is 1. The first-order valence-corrected chi connectivity index (χ1v) is 22.8. The summed E-state index contributed by atoms with van der Waals surface area (Å²) in [5.74, 6) is 2.60. The normalized spacial score (nSPS) is 11.8. The number of hydrogen-bond acceptors (Lipinski definition) is 9. The summed E-state index contributed by atoms with van der Waals surface area (Å²) in [6.07, 6.45) is 0.647. The second-order valence-corrected chi connectivity index (χ2v) is 17.7. The second-order valence-electron chi connectivity index (χ2n) is 15.1. The molecule has 0 fully saturated rings. The molecule has 0 spiro atoms. The zero-order valence-electron chi connectivity index (χ0n) is 36.5. The van der Waals surface area contributed by atoms with E-state index >= 15 is 4.57 Å². The maximum absolute atomic E-state index is 16.1. The van der Waals surface area contributed by atoms with Gasteiger partial charge in [0.05, 0.1) is 28.4 Å². The molecule has 0 saturated carbocycles. The Morgan fingerprint density at radius 3 is 1.17 bits per heavy atom. The van der Waals surface area contributed by atoms with Crippen molar-refractivity contribution in [2.24, 2.45) is 0 Å². The van der Waals surface area contributed by atoms with Gasteiger partial charge in [0.1, 0.15) is 46.9 Å². The van der Waals surface area contributed by atoms with Crippen molar-refractivity contribution in [3.63, 3.8) is 0 Å². The van der Waals surface area contributed by atoms with Gasteiger partial charge in [-0.1, -0.05) is 109 Å². The molecular formula is C51H52N3O9P. The highest BCUT2D eigenvalue weighted by Crippen LogP contribution is 2.51. The Hall–Kier alpha value is -6.69. The van der Waals surface area contributed by atoms with E-state index in [2.05, 4.69) is 10.1 Å². The first-order valence-electron chi connectivity index (χ1n) is 20.7. The van der Waals surface area contributed by atoms with E-state index in [0.29, 0.717) is 28.6 Å². The molecular weight excluding hydrogens is 830 g/mol. The summed E-state index contributed by atoms with van der Waals surface area (Å²) in [6.45, 7) is 1.50. The lowest BCUT2D eigenvalue weighted by molar-refractivity contribution is 0.0259. The van der Waals surface area contributed by atoms with Crippen molar-refractivity contribution in [2.45, 2.75) is 24.7 Å². The molecule has 13 heteroatoms. The van der Waals surface area contributed by atoms with Gasteiger partial charge in [0.25, 0.3) is 5.56 Å². The van der Waals surface area contributed by atoms with Crippen LogP contribution in [0.2, 0.25) is 0 Å². The lowest BCUT2D eigenvalue weighted by Crippen LogP contribution is -2.39. The minimum Gasteiger partial charge on any atom is -0.497 e. The molecule has 1 heterocycles. The molecule has 7 aromatic rings. The van der Waals surface area contributed by atoms with Gasteiger partial charge in [-0.25, -0.2) is 4.79 Å². The van der Waals surface area contributed by atoms with Crippen LogP contribution in [-0.4, -0.2) is 57.2 Å². The first-order chi connectivity index (χ1) is 31.1. The molecule has 0 aliphatic rings. The Labute approximate surface area is 372 Å². The summed E-state index contributed by atoms with van der Waals surface area (Å²) in [5, 5.41) is 3.26. The Balaban J connectivity index is 1.38. The van der Waals surface area contributed by atoms with Crippen LogP contribution < -0.4 is 35.3 Å². The van der Waals surface area contributed by atoms with Crippen LogP contribution in [0.3, 0.4) is 0 Å². The van der Waals surface area contributed by atoms with Gasteiger partial charge in [-0.2, -0.15) is 0 Å². The predicted octanol–water partition coefficient (Wildman–Crippen LogP) is 8.68. The molecule has 12 nitrogen and oxygen atoms in total. The number of nitrogens with one attached hydrogen (secondary N) is 2. The number of rotatable bonds is 20. The number of benzene rings is 6. The molecule has 0 bridgehead atoms. The fourth-order valence-electron chi connectivity index (χ4n) is 7.86. The molecule has 0 aliphatic heterocycles. The third kappa shape index (κ3) is 9.46. The monoisotopic (exact) mass is 881 g/mol. The van der Waals surface area contributed by atoms with Crippen molar-refractivity contribution in [3.8, 4) is 23.0 Å². The smallest absolute Gasteiger partial charge is 0.328 e. The standard InChI is InChI=1S/C51H52N3O9P/c1-37-34-52-49(56)54(48(37)55)33-32-53-64(57,35-62-50(38-12-8-6-9-13-38,40-16-24-44(58-2)25-17-40)41-18-26-45(59-3)27-19-41)36-63-51(39-14-10-7-11-15-39,42-20-28-46(60-4)29-21-42)43-22-30-47(61-5)31-23-43/h6-31,34H,32-33,35-36H2,1-5H3,(H,52,56)(H,53,57). The number of aromatic amines is 1. The molecule has 0 aliphatic carbocycles. The fourth-order valence-corrected chi connectivity index (χ4v) is 9.43. The molecule has 1 aromatic heterocycles. The van der Waals surface area contributed by atoms with E-state index < -0.39 is 29.7 Å². The van der Waals surface area contributed by atoms with E-state index in [1.165, 1.54) is 6.20 Å². The molecule has 7 rings (SSSR count). The van der Waals surface area contributed by atoms with Crippen LogP contribution in [0, 0.1) is 6.92 Å². The minimum atomic E-state index is -3.90. The highest BCUT2D eigenvalue weighted by atomic mass is 31.2. The third-order valence-corrected chi connectivity index (χ3v) is 13.2. The van der Waals surface area contributed by atoms with Crippen LogP contribution in [0.15, 0.2) is 174 Å². The molecule has 0 unspecified atom stereocenters. The molecule has 0 saturated heterocycles. The van der Waals surface area contributed by atoms with Gasteiger partial charge in [-0.15, -0.1) is 0 Å². The van der Waals surface area contributed by atoms with Crippen molar-refractivity contribution in [2.75, 3.05) is 47.7 Å². The highest BCUT2D eigenvalue weighted by molar-refractivity contribution is 7.61. The zero-order valence-corrected chi connectivity index (χ0v) is 37.4. The maximum atomic E-state index is 16.1. The Bertz CT molecular complexity index is 2520. The minimum absolute atomic E-state index is 0.0384. The van der Waals surface area contributed by atoms with Crippen LogP contribution in [0.1, 0.15) is 38.9 Å². The summed E-state index contributed by atoms with van der Waals surface area (Å²) in [6, 6.07) is 49.7. The third-order valence-electron chi connectivity index (χ3n) is 11.3. The second kappa shape index (κ2) is 20.2. The zero-order chi connectivity index (χ0) is 45.2. The average Bonchev–Trinajstić information content (AvgIpc) is 3.35. The average molecular weight is 882 g/mol. The van der Waals surface area contributed by atoms with Crippen molar-refractivity contribution >= 4 is 7.29 Å². The quantitative estimate of drug-likeness (QED) is 0.0565. The number of nitrogens with zero attached hydrogens (tertiary/aromatic N) is 1. The molecule has 2 N–H and O–H groups in total. The Morgan fingerprint density at radius 1 is 0.516 bits per heavy atom. The molecule has 0 atom stereocenters. The molecule has 64 heavy (non-hydrogen) atoms. The van der Waals surface area contributed by atoms with Gasteiger partial charge in [0, 0.05) is 24.8 Å². The summed E-state index contributed by atoms with van der Waals surface area (Å²) in [5.41, 5.74) is 1.18. The van der Waals surface area contributed by atoms with Gasteiger partial charge < -0.3 is 38.0 Å². The topological polar surface area (TPSA) is 139 Å². The number of aromatic nitrogens is 2. The summed E-state index contributed by atoms with van der Waals surface area (Å²) >= 11 is 0. The van der Waals surface area contributed by atoms with Crippen LogP contribution in [0.4, 0.5) is 0 Å². The van der Waals surface area contributed by atoms with Crippen molar-refractivity contribution < 1.29 is 33.0 Å². The van der Waals surface area contributed by atoms with E-state index in [-0.39, 0.29) is 25.8 Å². The van der Waals surface area contributed by atoms with E-state index in [1.807, 2.05) is 158 Å². The lowest BCUT2D eigenvalue weighted by atomic mass is 9.80. The summed E-state index contributed by atoms with van der Waals surface area (Å²) in [4.78, 5) is 28.7. The van der Waals surface area contributed by atoms with Crippen molar-refractivity contribution in [1.29, 1.82) is 0 Å². The maximum Gasteiger partial charge on any atom is 0.328 e. The van der Waals surface area contributed by atoms with E-state index in [9.17, 15) is 9.59 Å². The SMILES string of the molecule is COc1ccc(C(OCP(=O)(COC(c2ccccc2)(c2ccc(OC)cc2)c2ccc(OC)cc2)NCCn2c(=O)[nH]cc(C)c2=O)(c2ccccc2)c2ccc(OC)cc2)cc1. The van der Waals surface area contributed by atoms with Crippen molar-refractivity contribution in [3.05, 3.63) is 224 Å². The van der Waals surface area contributed by atoms with Gasteiger partial charge in [0.15, 0.2) is 7.29 Å². The molecule has 330 valence electrons. The Morgan fingerprint density at radius 2 is 0.844 bits per heavy atom. The summed E-state index contributed by atoms with van der Waals surface area (Å²) < 4.78 is 53.9. The van der Waals surface area contributed by atoms with Crippen molar-refractivity contribution in [1.82, 2.24) is 14.6 Å². The van der Waals surface area contributed by atoms with Crippen LogP contribution >= 0.6 is 7.29 Å². The van der Waals surface area contributed by atoms with Gasteiger partial charge in [-0.3, -0.25) is 14.4 Å². The van der Waals surface area contributed by atoms with E-state index in [4.69, 9.17) is 28.4 Å². The van der Waals surface area contributed by atoms with Crippen LogP contribution in [0.5, 0.6) is 23.0 Å². The predicted molar refractivity (Wildman–Crippen MR) is 248 cm³/mol. The summed E-state index contributed by atoms with van der Waals surface area (Å²) in [7, 11) is 2.52. The number of methoxy groups -OCH3 is 4. The molecule has 6 aromatic carbocycles. The highest BCUT2D eigenvalue weighted by Gasteiger charge is 2.43. The van der Waals surface area contributed by atoms with Crippen LogP contribution in [-0.2, 0) is 31.8 Å². The largest absolute Gasteiger partial charge is 0.497 e. The first kappa shape index (κ1) is 45.3. The van der Waals surface area contributed by atoms with E-state index in [0.717, 1.165) is 37.9 Å². The number of hydrogen-bond donors (Lipinski definition) is 2. The number of H-pyrrole nitrogens is 1.